The molecule has 0 aromatic carbocycles. The molecule has 1 aliphatic heterocycles. The van der Waals surface area contributed by atoms with E-state index in [0.717, 1.165) is 13.0 Å². The molecule has 17 heavy (non-hydrogen) atoms. The lowest BCUT2D eigenvalue weighted by Gasteiger charge is -2.27. The average molecular weight is 242 g/mol. The molecule has 1 amide bonds. The monoisotopic (exact) mass is 242 g/mol. The number of piperidine rings is 1. The van der Waals surface area contributed by atoms with Crippen LogP contribution in [0.5, 0.6) is 0 Å². The number of hydrogen-bond acceptors (Lipinski definition) is 3. The summed E-state index contributed by atoms with van der Waals surface area (Å²) < 4.78 is 0. The van der Waals surface area contributed by atoms with Gasteiger partial charge in [-0.1, -0.05) is 6.42 Å². The number of likely N-dealkylation sites (N-methyl/N-ethyl adjacent to an activating group) is 1. The highest BCUT2D eigenvalue weighted by atomic mass is 16.3. The Labute approximate surface area is 104 Å². The van der Waals surface area contributed by atoms with E-state index in [1.165, 1.54) is 19.3 Å². The maximum atomic E-state index is 11.9. The maximum Gasteiger partial charge on any atom is 0.222 e. The van der Waals surface area contributed by atoms with Gasteiger partial charge in [-0.2, -0.15) is 0 Å². The van der Waals surface area contributed by atoms with Crippen molar-refractivity contribution < 1.29 is 9.90 Å². The Kier molecular flexibility index (Phi) is 5.40. The largest absolute Gasteiger partial charge is 0.389 e. The van der Waals surface area contributed by atoms with Crippen molar-refractivity contribution in [1.82, 2.24) is 10.2 Å². The van der Waals surface area contributed by atoms with Crippen molar-refractivity contribution in [2.24, 2.45) is 0 Å². The van der Waals surface area contributed by atoms with Crippen LogP contribution < -0.4 is 5.32 Å². The van der Waals surface area contributed by atoms with E-state index in [1.807, 2.05) is 0 Å². The molecule has 4 heteroatoms. The third kappa shape index (κ3) is 6.03. The van der Waals surface area contributed by atoms with Crippen molar-refractivity contribution in [3.05, 3.63) is 0 Å². The molecule has 1 saturated heterocycles. The van der Waals surface area contributed by atoms with Crippen LogP contribution in [-0.4, -0.2) is 47.7 Å². The maximum absolute atomic E-state index is 11.9. The van der Waals surface area contributed by atoms with E-state index < -0.39 is 5.60 Å². The number of rotatable bonds is 5. The van der Waals surface area contributed by atoms with E-state index in [9.17, 15) is 9.90 Å². The van der Waals surface area contributed by atoms with Crippen LogP contribution in [0.3, 0.4) is 0 Å². The van der Waals surface area contributed by atoms with Crippen LogP contribution in [0.2, 0.25) is 0 Å². The van der Waals surface area contributed by atoms with Crippen molar-refractivity contribution in [3.63, 3.8) is 0 Å². The predicted molar refractivity (Wildman–Crippen MR) is 68.8 cm³/mol. The lowest BCUT2D eigenvalue weighted by Crippen LogP contribution is -2.40. The lowest BCUT2D eigenvalue weighted by atomic mass is 10.00. The van der Waals surface area contributed by atoms with E-state index in [0.29, 0.717) is 19.0 Å². The number of amides is 1. The topological polar surface area (TPSA) is 52.6 Å². The van der Waals surface area contributed by atoms with Crippen LogP contribution in [0.25, 0.3) is 0 Å². The van der Waals surface area contributed by atoms with Gasteiger partial charge in [0, 0.05) is 26.1 Å². The second-order valence-corrected chi connectivity index (χ2v) is 5.75. The first kappa shape index (κ1) is 14.5. The van der Waals surface area contributed by atoms with E-state index in [1.54, 1.807) is 25.8 Å². The molecule has 0 spiro atoms. The molecule has 1 atom stereocenters. The summed E-state index contributed by atoms with van der Waals surface area (Å²) in [4.78, 5) is 13.5. The fourth-order valence-electron chi connectivity index (χ4n) is 2.33. The van der Waals surface area contributed by atoms with Crippen LogP contribution in [0, 0.1) is 0 Å². The quantitative estimate of drug-likeness (QED) is 0.760. The smallest absolute Gasteiger partial charge is 0.222 e. The Morgan fingerprint density at radius 1 is 1.47 bits per heavy atom. The van der Waals surface area contributed by atoms with Gasteiger partial charge in [-0.25, -0.2) is 0 Å². The van der Waals surface area contributed by atoms with Gasteiger partial charge in [-0.15, -0.1) is 0 Å². The summed E-state index contributed by atoms with van der Waals surface area (Å²) in [5.74, 6) is 0.125. The molecule has 0 bridgehead atoms. The van der Waals surface area contributed by atoms with E-state index >= 15 is 0 Å². The molecule has 1 fully saturated rings. The van der Waals surface area contributed by atoms with Crippen molar-refractivity contribution in [2.75, 3.05) is 20.1 Å². The van der Waals surface area contributed by atoms with E-state index in [-0.39, 0.29) is 5.91 Å². The molecule has 0 aliphatic carbocycles. The van der Waals surface area contributed by atoms with Gasteiger partial charge in [-0.05, 0) is 39.7 Å². The Bertz CT molecular complexity index is 242. The number of aliphatic hydroxyl groups is 1. The zero-order valence-corrected chi connectivity index (χ0v) is 11.3. The summed E-state index contributed by atoms with van der Waals surface area (Å²) in [6.45, 7) is 4.92. The summed E-state index contributed by atoms with van der Waals surface area (Å²) in [5, 5.41) is 13.1. The third-order valence-electron chi connectivity index (χ3n) is 3.17. The summed E-state index contributed by atoms with van der Waals surface area (Å²) in [7, 11) is 1.76. The summed E-state index contributed by atoms with van der Waals surface area (Å²) in [6.07, 6.45) is 5.19. The number of hydrogen-bond donors (Lipinski definition) is 2. The van der Waals surface area contributed by atoms with Gasteiger partial charge in [0.05, 0.1) is 5.60 Å². The molecule has 0 aromatic heterocycles. The third-order valence-corrected chi connectivity index (χ3v) is 3.17. The normalized spacial score (nSPS) is 21.3. The molecule has 4 nitrogen and oxygen atoms in total. The van der Waals surface area contributed by atoms with Crippen LogP contribution in [-0.2, 0) is 4.79 Å². The van der Waals surface area contributed by atoms with Crippen molar-refractivity contribution >= 4 is 5.91 Å². The first-order valence-electron chi connectivity index (χ1n) is 6.58. The molecule has 0 radical (unpaired) electrons. The van der Waals surface area contributed by atoms with Crippen LogP contribution in [0.1, 0.15) is 46.0 Å². The number of nitrogens with zero attached hydrogens (tertiary/aromatic N) is 1. The van der Waals surface area contributed by atoms with E-state index in [4.69, 9.17) is 0 Å². The van der Waals surface area contributed by atoms with Gasteiger partial charge in [0.25, 0.3) is 0 Å². The first-order valence-corrected chi connectivity index (χ1v) is 6.58. The van der Waals surface area contributed by atoms with Crippen LogP contribution >= 0.6 is 0 Å². The second-order valence-electron chi connectivity index (χ2n) is 5.75. The van der Waals surface area contributed by atoms with Crippen molar-refractivity contribution in [1.29, 1.82) is 0 Å². The molecule has 1 rings (SSSR count). The van der Waals surface area contributed by atoms with Gasteiger partial charge >= 0.3 is 0 Å². The molecular weight excluding hydrogens is 216 g/mol. The molecule has 0 saturated carbocycles. The Morgan fingerprint density at radius 3 is 2.71 bits per heavy atom. The zero-order valence-electron chi connectivity index (χ0n) is 11.3. The number of carbonyl (C=O) groups excluding carboxylic acids is 1. The summed E-state index contributed by atoms with van der Waals surface area (Å²) in [6, 6.07) is 0.503. The molecule has 100 valence electrons. The molecule has 1 aliphatic rings. The highest BCUT2D eigenvalue weighted by Gasteiger charge is 2.20. The average Bonchev–Trinajstić information content (AvgIpc) is 2.25. The highest BCUT2D eigenvalue weighted by Crippen LogP contribution is 2.13. The molecular formula is C13H26N2O2. The van der Waals surface area contributed by atoms with Crippen LogP contribution in [0.4, 0.5) is 0 Å². The standard InChI is InChI=1S/C13H26N2O2/c1-13(2,17)10-15(3)12(16)8-7-11-6-4-5-9-14-11/h11,14,17H,4-10H2,1-3H3. The minimum Gasteiger partial charge on any atom is -0.389 e. The van der Waals surface area contributed by atoms with Gasteiger partial charge < -0.3 is 15.3 Å². The molecule has 2 N–H and O–H groups in total. The van der Waals surface area contributed by atoms with Gasteiger partial charge in [0.2, 0.25) is 5.91 Å². The molecule has 0 aromatic rings. The van der Waals surface area contributed by atoms with Crippen molar-refractivity contribution in [3.8, 4) is 0 Å². The molecule has 1 heterocycles. The summed E-state index contributed by atoms with van der Waals surface area (Å²) >= 11 is 0. The Balaban J connectivity index is 2.23. The van der Waals surface area contributed by atoms with Gasteiger partial charge in [0.1, 0.15) is 0 Å². The van der Waals surface area contributed by atoms with E-state index in [2.05, 4.69) is 5.32 Å². The predicted octanol–water partition coefficient (Wildman–Crippen LogP) is 1.14. The highest BCUT2D eigenvalue weighted by molar-refractivity contribution is 5.75. The minimum atomic E-state index is -0.812. The second kappa shape index (κ2) is 6.36. The van der Waals surface area contributed by atoms with Crippen molar-refractivity contribution in [2.45, 2.75) is 57.6 Å². The van der Waals surface area contributed by atoms with Crippen LogP contribution in [0.15, 0.2) is 0 Å². The number of nitrogens with one attached hydrogen (secondary N) is 1. The lowest BCUT2D eigenvalue weighted by molar-refractivity contribution is -0.132. The minimum absolute atomic E-state index is 0.125. The summed E-state index contributed by atoms with van der Waals surface area (Å²) in [5.41, 5.74) is -0.812. The van der Waals surface area contributed by atoms with Gasteiger partial charge in [-0.3, -0.25) is 4.79 Å². The number of carbonyl (C=O) groups is 1. The first-order chi connectivity index (χ1) is 7.88. The molecule has 1 unspecified atom stereocenters. The zero-order chi connectivity index (χ0) is 12.9. The van der Waals surface area contributed by atoms with Gasteiger partial charge in [0.15, 0.2) is 0 Å². The fraction of sp³-hybridized carbons (Fsp3) is 0.923. The fourth-order valence-corrected chi connectivity index (χ4v) is 2.33. The Morgan fingerprint density at radius 2 is 2.18 bits per heavy atom. The SMILES string of the molecule is CN(CC(C)(C)O)C(=O)CCC1CCCCN1. The Hall–Kier alpha value is -0.610.